The molecule has 12 heavy (non-hydrogen) atoms. The summed E-state index contributed by atoms with van der Waals surface area (Å²) in [7, 11) is 0. The lowest BCUT2D eigenvalue weighted by Crippen LogP contribution is -2.16. The van der Waals surface area contributed by atoms with Gasteiger partial charge in [0.25, 0.3) is 0 Å². The number of anilines is 1. The Balaban J connectivity index is 2.60. The molecule has 1 aromatic rings. The van der Waals surface area contributed by atoms with E-state index in [1.54, 1.807) is 0 Å². The summed E-state index contributed by atoms with van der Waals surface area (Å²) in [6, 6.07) is 2.06. The maximum Gasteiger partial charge on any atom is 0.328 e. The Labute approximate surface area is 68.4 Å². The molecular formula is C7H8N4O. The number of nitrogen functional groups attached to an aromatic ring is 1. The van der Waals surface area contributed by atoms with Gasteiger partial charge in [0.15, 0.2) is 5.69 Å². The third-order valence-electron chi connectivity index (χ3n) is 1.99. The minimum absolute atomic E-state index is 0.173. The molecular weight excluding hydrogens is 156 g/mol. The molecule has 1 aromatic heterocycles. The second-order valence-corrected chi connectivity index (χ2v) is 2.90. The summed E-state index contributed by atoms with van der Waals surface area (Å²) in [6.07, 6.45) is 1.96. The molecule has 0 bridgehead atoms. The van der Waals surface area contributed by atoms with Gasteiger partial charge in [-0.25, -0.2) is 4.79 Å². The van der Waals surface area contributed by atoms with Gasteiger partial charge < -0.3 is 5.73 Å². The van der Waals surface area contributed by atoms with Crippen molar-refractivity contribution in [3.63, 3.8) is 0 Å². The lowest BCUT2D eigenvalue weighted by atomic mass is 10.5. The number of hydrogen-bond donors (Lipinski definition) is 2. The topological polar surface area (TPSA) is 87.6 Å². The molecule has 0 radical (unpaired) electrons. The Hall–Kier alpha value is -1.70. The molecule has 1 aliphatic carbocycles. The standard InChI is InChI=1S/C7H8N4O/c8-3-5-6(9)11(4-1-2-4)7(12)10-5/h4H,1-2,9H2,(H,10,12). The fraction of sp³-hybridized carbons (Fsp3) is 0.429. The molecule has 0 saturated heterocycles. The number of nitrogens with zero attached hydrogens (tertiary/aromatic N) is 2. The van der Waals surface area contributed by atoms with Gasteiger partial charge in [0, 0.05) is 6.04 Å². The van der Waals surface area contributed by atoms with Crippen molar-refractivity contribution in [1.29, 1.82) is 5.26 Å². The van der Waals surface area contributed by atoms with Gasteiger partial charge in [0.05, 0.1) is 0 Å². The van der Waals surface area contributed by atoms with Crippen molar-refractivity contribution < 1.29 is 0 Å². The van der Waals surface area contributed by atoms with Crippen LogP contribution in [-0.2, 0) is 0 Å². The molecule has 0 atom stereocenters. The molecule has 1 heterocycles. The lowest BCUT2D eigenvalue weighted by Gasteiger charge is -1.97. The van der Waals surface area contributed by atoms with Crippen LogP contribution in [0.1, 0.15) is 24.6 Å². The van der Waals surface area contributed by atoms with Gasteiger partial charge in [0.2, 0.25) is 0 Å². The van der Waals surface area contributed by atoms with Crippen LogP contribution in [0.2, 0.25) is 0 Å². The fourth-order valence-corrected chi connectivity index (χ4v) is 1.24. The molecule has 0 aromatic carbocycles. The largest absolute Gasteiger partial charge is 0.383 e. The highest BCUT2D eigenvalue weighted by Crippen LogP contribution is 2.35. The van der Waals surface area contributed by atoms with E-state index in [2.05, 4.69) is 4.98 Å². The van der Waals surface area contributed by atoms with E-state index in [0.29, 0.717) is 0 Å². The Kier molecular flexibility index (Phi) is 1.24. The second-order valence-electron chi connectivity index (χ2n) is 2.90. The average Bonchev–Trinajstić information content (AvgIpc) is 2.80. The Morgan fingerprint density at radius 2 is 2.33 bits per heavy atom. The van der Waals surface area contributed by atoms with Crippen LogP contribution >= 0.6 is 0 Å². The van der Waals surface area contributed by atoms with Crippen molar-refractivity contribution in [2.75, 3.05) is 5.73 Å². The summed E-state index contributed by atoms with van der Waals surface area (Å²) in [5, 5.41) is 8.54. The number of nitrogens with one attached hydrogen (secondary N) is 1. The van der Waals surface area contributed by atoms with E-state index in [9.17, 15) is 4.79 Å². The van der Waals surface area contributed by atoms with Gasteiger partial charge in [0.1, 0.15) is 11.9 Å². The highest BCUT2D eigenvalue weighted by Gasteiger charge is 2.28. The minimum Gasteiger partial charge on any atom is -0.383 e. The maximum atomic E-state index is 11.2. The number of nitrogens with two attached hydrogens (primary N) is 1. The second kappa shape index (κ2) is 2.14. The Bertz CT molecular complexity index is 404. The van der Waals surface area contributed by atoms with Gasteiger partial charge in [-0.1, -0.05) is 0 Å². The number of rotatable bonds is 1. The van der Waals surface area contributed by atoms with Crippen LogP contribution in [0.4, 0.5) is 5.82 Å². The predicted molar refractivity (Wildman–Crippen MR) is 42.5 cm³/mol. The molecule has 5 heteroatoms. The molecule has 0 unspecified atom stereocenters. The molecule has 1 fully saturated rings. The first-order chi connectivity index (χ1) is 5.74. The van der Waals surface area contributed by atoms with Gasteiger partial charge >= 0.3 is 5.69 Å². The van der Waals surface area contributed by atoms with Crippen LogP contribution in [0.5, 0.6) is 0 Å². The molecule has 62 valence electrons. The van der Waals surface area contributed by atoms with E-state index in [4.69, 9.17) is 11.0 Å². The molecule has 2 rings (SSSR count). The zero-order chi connectivity index (χ0) is 8.72. The van der Waals surface area contributed by atoms with Crippen LogP contribution in [-0.4, -0.2) is 9.55 Å². The minimum atomic E-state index is -0.272. The van der Waals surface area contributed by atoms with Crippen LogP contribution in [0.25, 0.3) is 0 Å². The Morgan fingerprint density at radius 1 is 1.67 bits per heavy atom. The van der Waals surface area contributed by atoms with E-state index in [1.165, 1.54) is 4.57 Å². The third kappa shape index (κ3) is 0.815. The summed E-state index contributed by atoms with van der Waals surface area (Å²) in [5.74, 6) is 0.269. The van der Waals surface area contributed by atoms with Crippen molar-refractivity contribution >= 4 is 5.82 Å². The van der Waals surface area contributed by atoms with Crippen molar-refractivity contribution in [3.05, 3.63) is 16.2 Å². The molecule has 3 N–H and O–H groups in total. The number of aromatic amines is 1. The quantitative estimate of drug-likeness (QED) is 0.610. The van der Waals surface area contributed by atoms with Crippen molar-refractivity contribution in [3.8, 4) is 6.07 Å². The van der Waals surface area contributed by atoms with E-state index >= 15 is 0 Å². The molecule has 5 nitrogen and oxygen atoms in total. The number of H-pyrrole nitrogens is 1. The third-order valence-corrected chi connectivity index (χ3v) is 1.99. The summed E-state index contributed by atoms with van der Waals surface area (Å²) >= 11 is 0. The smallest absolute Gasteiger partial charge is 0.328 e. The molecule has 0 spiro atoms. The van der Waals surface area contributed by atoms with E-state index in [0.717, 1.165) is 12.8 Å². The van der Waals surface area contributed by atoms with Crippen molar-refractivity contribution in [2.45, 2.75) is 18.9 Å². The van der Waals surface area contributed by atoms with Crippen LogP contribution in [0.3, 0.4) is 0 Å². The monoisotopic (exact) mass is 164 g/mol. The maximum absolute atomic E-state index is 11.2. The SMILES string of the molecule is N#Cc1[nH]c(=O)n(C2CC2)c1N. The van der Waals surface area contributed by atoms with E-state index in [-0.39, 0.29) is 23.2 Å². The predicted octanol–water partition coefficient (Wildman–Crippen LogP) is -0.0348. The highest BCUT2D eigenvalue weighted by molar-refractivity contribution is 5.45. The van der Waals surface area contributed by atoms with E-state index < -0.39 is 0 Å². The zero-order valence-corrected chi connectivity index (χ0v) is 6.37. The first-order valence-corrected chi connectivity index (χ1v) is 3.74. The van der Waals surface area contributed by atoms with Crippen LogP contribution in [0.15, 0.2) is 4.79 Å². The molecule has 1 saturated carbocycles. The average molecular weight is 164 g/mol. The number of hydrogen-bond acceptors (Lipinski definition) is 3. The van der Waals surface area contributed by atoms with E-state index in [1.807, 2.05) is 6.07 Å². The molecule has 1 aliphatic rings. The van der Waals surface area contributed by atoms with Gasteiger partial charge in [-0.2, -0.15) is 5.26 Å². The molecule has 0 amide bonds. The number of aromatic nitrogens is 2. The summed E-state index contributed by atoms with van der Waals surface area (Å²) in [4.78, 5) is 13.6. The zero-order valence-electron chi connectivity index (χ0n) is 6.37. The number of nitriles is 1. The normalized spacial score (nSPS) is 15.9. The summed E-state index contributed by atoms with van der Waals surface area (Å²) in [6.45, 7) is 0. The molecule has 0 aliphatic heterocycles. The van der Waals surface area contributed by atoms with Crippen LogP contribution < -0.4 is 11.4 Å². The first-order valence-electron chi connectivity index (χ1n) is 3.74. The fourth-order valence-electron chi connectivity index (χ4n) is 1.24. The van der Waals surface area contributed by atoms with Gasteiger partial charge in [-0.3, -0.25) is 9.55 Å². The van der Waals surface area contributed by atoms with Crippen LogP contribution in [0, 0.1) is 11.3 Å². The van der Waals surface area contributed by atoms with Gasteiger partial charge in [-0.15, -0.1) is 0 Å². The highest BCUT2D eigenvalue weighted by atomic mass is 16.1. The van der Waals surface area contributed by atoms with Gasteiger partial charge in [-0.05, 0) is 12.8 Å². The summed E-state index contributed by atoms with van der Waals surface area (Å²) < 4.78 is 1.46. The summed E-state index contributed by atoms with van der Waals surface area (Å²) in [5.41, 5.74) is 5.47. The number of imidazole rings is 1. The first kappa shape index (κ1) is 6.98. The Morgan fingerprint density at radius 3 is 2.75 bits per heavy atom. The van der Waals surface area contributed by atoms with Crippen molar-refractivity contribution in [2.24, 2.45) is 0 Å². The lowest BCUT2D eigenvalue weighted by molar-refractivity contribution is 0.719. The van der Waals surface area contributed by atoms with Crippen molar-refractivity contribution in [1.82, 2.24) is 9.55 Å².